The molecule has 6 nitrogen and oxygen atoms in total. The zero-order valence-electron chi connectivity index (χ0n) is 23.9. The summed E-state index contributed by atoms with van der Waals surface area (Å²) in [5, 5.41) is 3.05. The molecule has 6 heteroatoms. The largest absolute Gasteiger partial charge is 0.490 e. The van der Waals surface area contributed by atoms with Crippen LogP contribution in [0.1, 0.15) is 56.4 Å². The second kappa shape index (κ2) is 15.0. The molecule has 0 aliphatic carbocycles. The number of hydrogen-bond acceptors (Lipinski definition) is 4. The summed E-state index contributed by atoms with van der Waals surface area (Å²) < 4.78 is 11.5. The van der Waals surface area contributed by atoms with E-state index in [1.165, 1.54) is 0 Å². The second-order valence-corrected chi connectivity index (χ2v) is 10.0. The average Bonchev–Trinajstić information content (AvgIpc) is 2.91. The lowest BCUT2D eigenvalue weighted by Gasteiger charge is -2.32. The maximum Gasteiger partial charge on any atom is 0.243 e. The number of carbonyl (C=O) groups excluding carboxylic acids is 2. The Hall–Kier alpha value is -3.80. The second-order valence-electron chi connectivity index (χ2n) is 10.0. The number of nitrogens with zero attached hydrogens (tertiary/aromatic N) is 1. The van der Waals surface area contributed by atoms with Crippen LogP contribution in [0.2, 0.25) is 0 Å². The lowest BCUT2D eigenvalue weighted by molar-refractivity contribution is -0.141. The van der Waals surface area contributed by atoms with E-state index in [1.807, 2.05) is 101 Å². The Labute approximate surface area is 233 Å². The Bertz CT molecular complexity index is 1210. The molecule has 0 radical (unpaired) electrons. The average molecular weight is 531 g/mol. The van der Waals surface area contributed by atoms with Crippen LogP contribution in [-0.4, -0.2) is 42.0 Å². The van der Waals surface area contributed by atoms with E-state index in [2.05, 4.69) is 11.4 Å². The van der Waals surface area contributed by atoms with Crippen molar-refractivity contribution in [1.82, 2.24) is 10.2 Å². The molecule has 0 spiro atoms. The monoisotopic (exact) mass is 530 g/mol. The first-order valence-electron chi connectivity index (χ1n) is 13.9. The van der Waals surface area contributed by atoms with Crippen molar-refractivity contribution >= 4 is 11.8 Å². The molecular formula is C33H42N2O4. The van der Waals surface area contributed by atoms with Gasteiger partial charge < -0.3 is 19.7 Å². The smallest absolute Gasteiger partial charge is 0.243 e. The van der Waals surface area contributed by atoms with Gasteiger partial charge in [0.1, 0.15) is 6.04 Å². The molecule has 0 aliphatic rings. The number of carbonyl (C=O) groups is 2. The van der Waals surface area contributed by atoms with E-state index in [0.29, 0.717) is 44.1 Å². The van der Waals surface area contributed by atoms with E-state index < -0.39 is 6.04 Å². The molecule has 3 rings (SSSR count). The highest BCUT2D eigenvalue weighted by molar-refractivity contribution is 5.88. The van der Waals surface area contributed by atoms with Crippen molar-refractivity contribution in [2.45, 2.75) is 72.5 Å². The van der Waals surface area contributed by atoms with Crippen molar-refractivity contribution in [2.24, 2.45) is 0 Å². The third-order valence-electron chi connectivity index (χ3n) is 6.37. The molecule has 0 aliphatic heterocycles. The first kappa shape index (κ1) is 29.8. The van der Waals surface area contributed by atoms with Gasteiger partial charge in [-0.15, -0.1) is 0 Å². The van der Waals surface area contributed by atoms with E-state index in [9.17, 15) is 9.59 Å². The third kappa shape index (κ3) is 9.17. The lowest BCUT2D eigenvalue weighted by Crippen LogP contribution is -2.51. The number of aryl methyl sites for hydroxylation is 2. The summed E-state index contributed by atoms with van der Waals surface area (Å²) in [4.78, 5) is 29.2. The molecule has 0 unspecified atom stereocenters. The van der Waals surface area contributed by atoms with Gasteiger partial charge in [-0.05, 0) is 69.9 Å². The van der Waals surface area contributed by atoms with Crippen molar-refractivity contribution in [3.05, 3.63) is 95.1 Å². The number of ether oxygens (including phenoxy) is 2. The molecule has 1 atom stereocenters. The fourth-order valence-electron chi connectivity index (χ4n) is 4.59. The molecule has 0 saturated heterocycles. The van der Waals surface area contributed by atoms with Gasteiger partial charge >= 0.3 is 0 Å². The van der Waals surface area contributed by atoms with Crippen molar-refractivity contribution in [3.63, 3.8) is 0 Å². The minimum absolute atomic E-state index is 0.0347. The predicted molar refractivity (Wildman–Crippen MR) is 156 cm³/mol. The topological polar surface area (TPSA) is 67.9 Å². The minimum Gasteiger partial charge on any atom is -0.490 e. The molecule has 39 heavy (non-hydrogen) atoms. The molecule has 208 valence electrons. The molecule has 0 heterocycles. The summed E-state index contributed by atoms with van der Waals surface area (Å²) >= 11 is 0. The van der Waals surface area contributed by atoms with Gasteiger partial charge in [-0.1, -0.05) is 66.2 Å². The molecule has 0 fully saturated rings. The van der Waals surface area contributed by atoms with E-state index in [0.717, 1.165) is 22.3 Å². The highest BCUT2D eigenvalue weighted by atomic mass is 16.5. The molecule has 2 amide bonds. The van der Waals surface area contributed by atoms with E-state index in [-0.39, 0.29) is 24.3 Å². The lowest BCUT2D eigenvalue weighted by atomic mass is 10.0. The van der Waals surface area contributed by atoms with Crippen LogP contribution in [-0.2, 0) is 29.0 Å². The van der Waals surface area contributed by atoms with Crippen LogP contribution in [0.5, 0.6) is 11.5 Å². The maximum absolute atomic E-state index is 13.9. The Morgan fingerprint density at radius 3 is 2.18 bits per heavy atom. The van der Waals surface area contributed by atoms with Crippen LogP contribution >= 0.6 is 0 Å². The zero-order valence-corrected chi connectivity index (χ0v) is 23.9. The Morgan fingerprint density at radius 1 is 0.821 bits per heavy atom. The van der Waals surface area contributed by atoms with Crippen molar-refractivity contribution in [3.8, 4) is 11.5 Å². The normalized spacial score (nSPS) is 11.6. The minimum atomic E-state index is -0.637. The van der Waals surface area contributed by atoms with Crippen molar-refractivity contribution < 1.29 is 19.1 Å². The molecule has 3 aromatic carbocycles. The van der Waals surface area contributed by atoms with Crippen molar-refractivity contribution in [1.29, 1.82) is 0 Å². The first-order valence-corrected chi connectivity index (χ1v) is 13.9. The van der Waals surface area contributed by atoms with Gasteiger partial charge in [0.15, 0.2) is 11.5 Å². The van der Waals surface area contributed by atoms with Gasteiger partial charge in [0.05, 0.1) is 13.2 Å². The quantitative estimate of drug-likeness (QED) is 0.282. The van der Waals surface area contributed by atoms with Gasteiger partial charge in [0.25, 0.3) is 0 Å². The predicted octanol–water partition coefficient (Wildman–Crippen LogP) is 5.89. The van der Waals surface area contributed by atoms with Crippen LogP contribution in [0.4, 0.5) is 0 Å². The number of benzene rings is 3. The Morgan fingerprint density at radius 2 is 1.51 bits per heavy atom. The standard InChI is InChI=1S/C33H42N2O4/c1-6-38-30-18-16-27(22-31(30)39-7-2)17-19-32(36)35(23-28-15-11-12-25(5)20-28)29(33(37)34-24(3)4)21-26-13-9-8-10-14-26/h8-16,18,20,22,24,29H,6-7,17,19,21,23H2,1-5H3,(H,34,37)/t29-/m0/s1. The molecule has 0 bridgehead atoms. The van der Waals surface area contributed by atoms with Crippen molar-refractivity contribution in [2.75, 3.05) is 13.2 Å². The van der Waals surface area contributed by atoms with Gasteiger partial charge in [0.2, 0.25) is 11.8 Å². The summed E-state index contributed by atoms with van der Waals surface area (Å²) in [6.45, 7) is 11.2. The van der Waals surface area contributed by atoms with Gasteiger partial charge in [-0.2, -0.15) is 0 Å². The summed E-state index contributed by atoms with van der Waals surface area (Å²) in [7, 11) is 0. The third-order valence-corrected chi connectivity index (χ3v) is 6.37. The zero-order chi connectivity index (χ0) is 28.2. The number of nitrogens with one attached hydrogen (secondary N) is 1. The molecule has 0 aromatic heterocycles. The fraction of sp³-hybridized carbons (Fsp3) is 0.394. The highest BCUT2D eigenvalue weighted by Gasteiger charge is 2.30. The van der Waals surface area contributed by atoms with Gasteiger partial charge in [-0.3, -0.25) is 9.59 Å². The SMILES string of the molecule is CCOc1ccc(CCC(=O)N(Cc2cccc(C)c2)[C@@H](Cc2ccccc2)C(=O)NC(C)C)cc1OCC. The number of amides is 2. The van der Waals surface area contributed by atoms with Gasteiger partial charge in [-0.25, -0.2) is 0 Å². The maximum atomic E-state index is 13.9. The molecule has 3 aromatic rings. The molecule has 1 N–H and O–H groups in total. The summed E-state index contributed by atoms with van der Waals surface area (Å²) in [6, 6.07) is 23.1. The van der Waals surface area contributed by atoms with E-state index >= 15 is 0 Å². The fourth-order valence-corrected chi connectivity index (χ4v) is 4.59. The first-order chi connectivity index (χ1) is 18.8. The van der Waals surface area contributed by atoms with Crippen LogP contribution < -0.4 is 14.8 Å². The van der Waals surface area contributed by atoms with E-state index in [1.54, 1.807) is 4.90 Å². The van der Waals surface area contributed by atoms with Crippen LogP contribution in [0.15, 0.2) is 72.8 Å². The van der Waals surface area contributed by atoms with Crippen LogP contribution in [0.25, 0.3) is 0 Å². The summed E-state index contributed by atoms with van der Waals surface area (Å²) in [5.74, 6) is 1.17. The Kier molecular flexibility index (Phi) is 11.4. The molecular weight excluding hydrogens is 488 g/mol. The van der Waals surface area contributed by atoms with Crippen LogP contribution in [0.3, 0.4) is 0 Å². The Balaban J connectivity index is 1.90. The number of rotatable bonds is 14. The van der Waals surface area contributed by atoms with Crippen LogP contribution in [0, 0.1) is 6.92 Å². The summed E-state index contributed by atoms with van der Waals surface area (Å²) in [6.07, 6.45) is 1.24. The molecule has 0 saturated carbocycles. The number of hydrogen-bond donors (Lipinski definition) is 1. The van der Waals surface area contributed by atoms with Gasteiger partial charge in [0, 0.05) is 25.4 Å². The highest BCUT2D eigenvalue weighted by Crippen LogP contribution is 2.29. The van der Waals surface area contributed by atoms with E-state index in [4.69, 9.17) is 9.47 Å². The summed E-state index contributed by atoms with van der Waals surface area (Å²) in [5.41, 5.74) is 4.11.